The van der Waals surface area contributed by atoms with Gasteiger partial charge in [-0.1, -0.05) is 42.5 Å². The zero-order valence-corrected chi connectivity index (χ0v) is 17.1. The van der Waals surface area contributed by atoms with Gasteiger partial charge in [0, 0.05) is 11.6 Å². The summed E-state index contributed by atoms with van der Waals surface area (Å²) in [5, 5.41) is 4.88. The summed E-state index contributed by atoms with van der Waals surface area (Å²) in [5.74, 6) is -1.96. The Bertz CT molecular complexity index is 1270. The van der Waals surface area contributed by atoms with Crippen molar-refractivity contribution in [1.29, 1.82) is 0 Å². The third kappa shape index (κ3) is 4.07. The highest BCUT2D eigenvalue weighted by atomic mass is 19.1. The van der Waals surface area contributed by atoms with Crippen LogP contribution in [0.1, 0.15) is 40.6 Å². The van der Waals surface area contributed by atoms with Gasteiger partial charge in [-0.3, -0.25) is 4.79 Å². The number of carbonyl (C=O) groups excluding carboxylic acids is 2. The van der Waals surface area contributed by atoms with Gasteiger partial charge in [-0.25, -0.2) is 18.9 Å². The van der Waals surface area contributed by atoms with Gasteiger partial charge in [-0.2, -0.15) is 5.10 Å². The minimum atomic E-state index is -0.697. The molecule has 0 unspecified atom stereocenters. The lowest BCUT2D eigenvalue weighted by Crippen LogP contribution is -2.16. The maximum atomic E-state index is 13.8. The second-order valence-corrected chi connectivity index (χ2v) is 7.32. The predicted molar refractivity (Wildman–Crippen MR) is 114 cm³/mol. The van der Waals surface area contributed by atoms with E-state index in [1.807, 2.05) is 44.2 Å². The van der Waals surface area contributed by atoms with Gasteiger partial charge < -0.3 is 4.74 Å². The smallest absolute Gasteiger partial charge is 0.339 e. The van der Waals surface area contributed by atoms with E-state index in [2.05, 4.69) is 5.10 Å². The largest absolute Gasteiger partial charge is 0.454 e. The molecule has 0 saturated heterocycles. The third-order valence-corrected chi connectivity index (χ3v) is 4.85. The number of hydrogen-bond donors (Lipinski definition) is 0. The first-order valence-electron chi connectivity index (χ1n) is 9.84. The van der Waals surface area contributed by atoms with Gasteiger partial charge in [-0.05, 0) is 32.0 Å². The van der Waals surface area contributed by atoms with Crippen LogP contribution in [0.4, 0.5) is 4.39 Å². The highest BCUT2D eigenvalue weighted by Crippen LogP contribution is 2.27. The number of carbonyl (C=O) groups is 2. The van der Waals surface area contributed by atoms with Crippen molar-refractivity contribution in [1.82, 2.24) is 14.8 Å². The number of halogens is 1. The summed E-state index contributed by atoms with van der Waals surface area (Å²) in [6.07, 6.45) is 1.56. The number of Topliss-reactive ketones (excluding diaryl/α,β-unsaturated/α-hetero) is 1. The lowest BCUT2D eigenvalue weighted by Gasteiger charge is -2.11. The molecule has 0 N–H and O–H groups in total. The summed E-state index contributed by atoms with van der Waals surface area (Å²) in [7, 11) is 0. The summed E-state index contributed by atoms with van der Waals surface area (Å²) in [6.45, 7) is 3.37. The van der Waals surface area contributed by atoms with Crippen LogP contribution in [-0.2, 0) is 4.74 Å². The number of nitrogens with zero attached hydrogens (tertiary/aromatic N) is 3. The summed E-state index contributed by atoms with van der Waals surface area (Å²) in [5.41, 5.74) is 2.09. The average molecular weight is 417 g/mol. The fourth-order valence-corrected chi connectivity index (χ4v) is 3.30. The molecule has 0 fully saturated rings. The number of rotatable bonds is 6. The van der Waals surface area contributed by atoms with Crippen LogP contribution < -0.4 is 0 Å². The number of fused-ring (bicyclic) bond motifs is 1. The Kier molecular flexibility index (Phi) is 5.58. The molecule has 156 valence electrons. The second kappa shape index (κ2) is 8.47. The molecular formula is C24H20FN3O3. The Hall–Kier alpha value is -3.87. The molecule has 0 amide bonds. The molecule has 6 nitrogen and oxygen atoms in total. The van der Waals surface area contributed by atoms with E-state index in [4.69, 9.17) is 9.72 Å². The van der Waals surface area contributed by atoms with Crippen molar-refractivity contribution in [3.63, 3.8) is 0 Å². The van der Waals surface area contributed by atoms with Gasteiger partial charge in [0.05, 0.1) is 28.4 Å². The molecule has 0 aliphatic rings. The standard InChI is InChI=1S/C24H20FN3O3/c1-15(2)28-23-19(13-26-28)18(12-21(27-23)16-8-4-3-5-9-16)24(30)31-14-22(29)17-10-6-7-11-20(17)25/h3-13,15H,14H2,1-2H3. The monoisotopic (exact) mass is 417 g/mol. The summed E-state index contributed by atoms with van der Waals surface area (Å²) < 4.78 is 20.8. The maximum Gasteiger partial charge on any atom is 0.339 e. The third-order valence-electron chi connectivity index (χ3n) is 4.85. The molecule has 2 heterocycles. The van der Waals surface area contributed by atoms with Crippen LogP contribution in [0.25, 0.3) is 22.3 Å². The minimum absolute atomic E-state index is 0.0301. The number of esters is 1. The molecule has 0 aliphatic carbocycles. The first-order chi connectivity index (χ1) is 15.0. The zero-order chi connectivity index (χ0) is 22.0. The number of aromatic nitrogens is 3. The highest BCUT2D eigenvalue weighted by Gasteiger charge is 2.21. The van der Waals surface area contributed by atoms with Gasteiger partial charge in [0.2, 0.25) is 5.78 Å². The highest BCUT2D eigenvalue weighted by molar-refractivity contribution is 6.05. The molecule has 4 aromatic rings. The van der Waals surface area contributed by atoms with E-state index in [0.29, 0.717) is 16.7 Å². The van der Waals surface area contributed by atoms with E-state index in [9.17, 15) is 14.0 Å². The van der Waals surface area contributed by atoms with Crippen molar-refractivity contribution in [2.45, 2.75) is 19.9 Å². The Morgan fingerprint density at radius 3 is 2.45 bits per heavy atom. The summed E-state index contributed by atoms with van der Waals surface area (Å²) >= 11 is 0. The van der Waals surface area contributed by atoms with Crippen LogP contribution in [0.2, 0.25) is 0 Å². The topological polar surface area (TPSA) is 74.1 Å². The number of hydrogen-bond acceptors (Lipinski definition) is 5. The molecule has 0 aliphatic heterocycles. The molecule has 0 radical (unpaired) electrons. The first-order valence-corrected chi connectivity index (χ1v) is 9.84. The Morgan fingerprint density at radius 1 is 1.03 bits per heavy atom. The summed E-state index contributed by atoms with van der Waals surface area (Å²) in [6, 6.07) is 16.7. The number of pyridine rings is 1. The van der Waals surface area contributed by atoms with Crippen molar-refractivity contribution in [2.24, 2.45) is 0 Å². The molecule has 0 spiro atoms. The Balaban J connectivity index is 1.69. The molecule has 2 aromatic heterocycles. The van der Waals surface area contributed by atoms with Crippen molar-refractivity contribution in [2.75, 3.05) is 6.61 Å². The molecule has 0 bridgehead atoms. The van der Waals surface area contributed by atoms with E-state index in [1.54, 1.807) is 23.0 Å². The minimum Gasteiger partial charge on any atom is -0.454 e. The van der Waals surface area contributed by atoms with Crippen molar-refractivity contribution in [3.05, 3.63) is 83.8 Å². The lowest BCUT2D eigenvalue weighted by molar-refractivity contribution is 0.0475. The molecule has 4 rings (SSSR count). The number of ketones is 1. The normalized spacial score (nSPS) is 11.1. The first kappa shape index (κ1) is 20.4. The molecule has 7 heteroatoms. The van der Waals surface area contributed by atoms with E-state index in [0.717, 1.165) is 5.56 Å². The second-order valence-electron chi connectivity index (χ2n) is 7.32. The van der Waals surface area contributed by atoms with Gasteiger partial charge >= 0.3 is 5.97 Å². The average Bonchev–Trinajstić information content (AvgIpc) is 3.22. The SMILES string of the molecule is CC(C)n1ncc2c(C(=O)OCC(=O)c3ccccc3F)cc(-c3ccccc3)nc21. The van der Waals surface area contributed by atoms with Gasteiger partial charge in [0.1, 0.15) is 5.82 Å². The molecular weight excluding hydrogens is 397 g/mol. The lowest BCUT2D eigenvalue weighted by atomic mass is 10.1. The van der Waals surface area contributed by atoms with Crippen LogP contribution in [0, 0.1) is 5.82 Å². The predicted octanol–water partition coefficient (Wildman–Crippen LogP) is 4.86. The van der Waals surface area contributed by atoms with Crippen LogP contribution in [0.15, 0.2) is 66.9 Å². The molecule has 2 aromatic carbocycles. The van der Waals surface area contributed by atoms with E-state index >= 15 is 0 Å². The molecule has 31 heavy (non-hydrogen) atoms. The summed E-state index contributed by atoms with van der Waals surface area (Å²) in [4.78, 5) is 29.9. The van der Waals surface area contributed by atoms with Crippen molar-refractivity contribution < 1.29 is 18.7 Å². The van der Waals surface area contributed by atoms with E-state index in [-0.39, 0.29) is 17.2 Å². The zero-order valence-electron chi connectivity index (χ0n) is 17.1. The van der Waals surface area contributed by atoms with Crippen LogP contribution in [0.3, 0.4) is 0 Å². The Morgan fingerprint density at radius 2 is 1.74 bits per heavy atom. The van der Waals surface area contributed by atoms with Crippen molar-refractivity contribution in [3.8, 4) is 11.3 Å². The van der Waals surface area contributed by atoms with E-state index in [1.165, 1.54) is 18.2 Å². The van der Waals surface area contributed by atoms with E-state index < -0.39 is 24.2 Å². The van der Waals surface area contributed by atoms with Crippen molar-refractivity contribution >= 4 is 22.8 Å². The quantitative estimate of drug-likeness (QED) is 0.331. The maximum absolute atomic E-state index is 13.8. The van der Waals surface area contributed by atoms with Gasteiger partial charge in [0.25, 0.3) is 0 Å². The van der Waals surface area contributed by atoms with Gasteiger partial charge in [0.15, 0.2) is 12.3 Å². The fourth-order valence-electron chi connectivity index (χ4n) is 3.30. The van der Waals surface area contributed by atoms with Crippen LogP contribution in [-0.4, -0.2) is 33.1 Å². The fraction of sp³-hybridized carbons (Fsp3) is 0.167. The number of ether oxygens (including phenoxy) is 1. The van der Waals surface area contributed by atoms with Crippen LogP contribution in [0.5, 0.6) is 0 Å². The molecule has 0 atom stereocenters. The van der Waals surface area contributed by atoms with Crippen LogP contribution >= 0.6 is 0 Å². The Labute approximate surface area is 178 Å². The number of benzene rings is 2. The molecule has 0 saturated carbocycles. The van der Waals surface area contributed by atoms with Gasteiger partial charge in [-0.15, -0.1) is 0 Å².